The number of carboxylic acids is 1. The Morgan fingerprint density at radius 2 is 1.70 bits per heavy atom. The van der Waals surface area contributed by atoms with Crippen LogP contribution in [0.5, 0.6) is 0 Å². The lowest BCUT2D eigenvalue weighted by Gasteiger charge is -2.47. The van der Waals surface area contributed by atoms with Crippen LogP contribution in [0.3, 0.4) is 0 Å². The number of aliphatic carboxylic acids is 1. The van der Waals surface area contributed by atoms with Gasteiger partial charge in [-0.1, -0.05) is 0 Å². The molecule has 0 radical (unpaired) electrons. The molecule has 1 unspecified atom stereocenters. The molecule has 1 aliphatic rings. The number of carboxylic acid groups (broad SMARTS) is 1. The van der Waals surface area contributed by atoms with Crippen LogP contribution in [-0.4, -0.2) is 34.2 Å². The van der Waals surface area contributed by atoms with Crippen molar-refractivity contribution in [2.45, 2.75) is 64.6 Å². The van der Waals surface area contributed by atoms with Crippen LogP contribution in [0, 0.1) is 5.92 Å². The van der Waals surface area contributed by atoms with Crippen molar-refractivity contribution in [3.05, 3.63) is 12.2 Å². The van der Waals surface area contributed by atoms with Crippen LogP contribution in [0.15, 0.2) is 12.2 Å². The molecular formula is C15H25NO4. The summed E-state index contributed by atoms with van der Waals surface area (Å²) in [5.41, 5.74) is -0.0199. The highest BCUT2D eigenvalue weighted by molar-refractivity contribution is 5.90. The molecule has 0 amide bonds. The number of piperidine rings is 1. The number of hydrogen-bond acceptors (Lipinski definition) is 4. The van der Waals surface area contributed by atoms with Gasteiger partial charge >= 0.3 is 11.9 Å². The maximum absolute atomic E-state index is 11.5. The van der Waals surface area contributed by atoms with Crippen molar-refractivity contribution >= 4 is 11.9 Å². The van der Waals surface area contributed by atoms with Crippen molar-refractivity contribution in [2.75, 3.05) is 0 Å². The van der Waals surface area contributed by atoms with Crippen LogP contribution in [0.1, 0.15) is 47.5 Å². The van der Waals surface area contributed by atoms with E-state index in [-0.39, 0.29) is 23.1 Å². The van der Waals surface area contributed by atoms with Gasteiger partial charge in [0.1, 0.15) is 6.10 Å². The number of ether oxygens (including phenoxy) is 1. The molecule has 1 rings (SSSR count). The number of nitrogens with one attached hydrogen (secondary N) is 1. The van der Waals surface area contributed by atoms with Gasteiger partial charge in [0.2, 0.25) is 0 Å². The fourth-order valence-corrected chi connectivity index (χ4v) is 3.19. The highest BCUT2D eigenvalue weighted by atomic mass is 16.5. The molecule has 114 valence electrons. The molecule has 1 saturated heterocycles. The molecule has 2 N–H and O–H groups in total. The summed E-state index contributed by atoms with van der Waals surface area (Å²) >= 11 is 0. The average Bonchev–Trinajstić information content (AvgIpc) is 2.21. The molecule has 0 aliphatic carbocycles. The molecule has 20 heavy (non-hydrogen) atoms. The minimum absolute atomic E-state index is 0.00993. The summed E-state index contributed by atoms with van der Waals surface area (Å²) in [6, 6.07) is 0. The van der Waals surface area contributed by atoms with E-state index >= 15 is 0 Å². The van der Waals surface area contributed by atoms with Gasteiger partial charge in [0.15, 0.2) is 0 Å². The largest absolute Gasteiger partial charge is 0.478 e. The van der Waals surface area contributed by atoms with Gasteiger partial charge in [-0.15, -0.1) is 0 Å². The van der Waals surface area contributed by atoms with E-state index in [0.717, 1.165) is 25.0 Å². The predicted octanol–water partition coefficient (Wildman–Crippen LogP) is 2.12. The minimum Gasteiger partial charge on any atom is -0.478 e. The lowest BCUT2D eigenvalue weighted by atomic mass is 9.74. The quantitative estimate of drug-likeness (QED) is 0.610. The van der Waals surface area contributed by atoms with E-state index in [1.807, 2.05) is 6.92 Å². The van der Waals surface area contributed by atoms with Gasteiger partial charge < -0.3 is 15.2 Å². The van der Waals surface area contributed by atoms with E-state index in [2.05, 4.69) is 33.0 Å². The Labute approximate surface area is 120 Å². The molecule has 1 aliphatic heterocycles. The smallest absolute Gasteiger partial charge is 0.331 e. The summed E-state index contributed by atoms with van der Waals surface area (Å²) in [6.07, 6.45) is 3.34. The van der Waals surface area contributed by atoms with Crippen molar-refractivity contribution in [3.8, 4) is 0 Å². The van der Waals surface area contributed by atoms with Crippen LogP contribution < -0.4 is 5.32 Å². The maximum atomic E-state index is 11.5. The van der Waals surface area contributed by atoms with Gasteiger partial charge in [0.05, 0.1) is 0 Å². The fraction of sp³-hybridized carbons (Fsp3) is 0.733. The first-order chi connectivity index (χ1) is 9.01. The lowest BCUT2D eigenvalue weighted by Crippen LogP contribution is -2.59. The van der Waals surface area contributed by atoms with Gasteiger partial charge in [-0.05, 0) is 53.4 Å². The third kappa shape index (κ3) is 5.33. The topological polar surface area (TPSA) is 75.6 Å². The minimum atomic E-state index is -1.15. The Balaban J connectivity index is 2.65. The third-order valence-corrected chi connectivity index (χ3v) is 3.55. The Morgan fingerprint density at radius 3 is 2.15 bits per heavy atom. The Morgan fingerprint density at radius 1 is 1.20 bits per heavy atom. The summed E-state index contributed by atoms with van der Waals surface area (Å²) in [6.45, 7) is 10.4. The highest BCUT2D eigenvalue weighted by Crippen LogP contribution is 2.35. The number of carbonyl (C=O) groups is 2. The molecule has 5 heteroatoms. The van der Waals surface area contributed by atoms with E-state index in [0.29, 0.717) is 0 Å². The SMILES string of the molecule is CC(OC(=O)/C=C\C(=O)O)C1CC(C)(C)NC(C)(C)C1. The van der Waals surface area contributed by atoms with E-state index < -0.39 is 11.9 Å². The van der Waals surface area contributed by atoms with Crippen LogP contribution in [0.4, 0.5) is 0 Å². The first-order valence-corrected chi connectivity index (χ1v) is 6.92. The zero-order chi connectivity index (χ0) is 15.6. The van der Waals surface area contributed by atoms with E-state index in [9.17, 15) is 9.59 Å². The molecule has 1 fully saturated rings. The van der Waals surface area contributed by atoms with Crippen LogP contribution >= 0.6 is 0 Å². The molecular weight excluding hydrogens is 258 g/mol. The summed E-state index contributed by atoms with van der Waals surface area (Å²) < 4.78 is 5.31. The van der Waals surface area contributed by atoms with E-state index in [1.165, 1.54) is 0 Å². The molecule has 0 saturated carbocycles. The summed E-state index contributed by atoms with van der Waals surface area (Å²) in [5, 5.41) is 12.1. The Hall–Kier alpha value is -1.36. The number of carbonyl (C=O) groups excluding carboxylic acids is 1. The van der Waals surface area contributed by atoms with Crippen molar-refractivity contribution < 1.29 is 19.4 Å². The molecule has 0 aromatic carbocycles. The van der Waals surface area contributed by atoms with E-state index in [1.54, 1.807) is 0 Å². The first-order valence-electron chi connectivity index (χ1n) is 6.92. The molecule has 0 spiro atoms. The Kier molecular flexibility index (Phi) is 4.97. The second-order valence-electron chi connectivity index (χ2n) is 6.87. The van der Waals surface area contributed by atoms with Crippen molar-refractivity contribution in [2.24, 2.45) is 5.92 Å². The highest BCUT2D eigenvalue weighted by Gasteiger charge is 2.40. The van der Waals surface area contributed by atoms with Crippen molar-refractivity contribution in [3.63, 3.8) is 0 Å². The van der Waals surface area contributed by atoms with Gasteiger partial charge in [-0.2, -0.15) is 0 Å². The zero-order valence-electron chi connectivity index (χ0n) is 12.9. The first kappa shape index (κ1) is 16.7. The molecule has 0 bridgehead atoms. The molecule has 5 nitrogen and oxygen atoms in total. The normalized spacial score (nSPS) is 23.4. The van der Waals surface area contributed by atoms with Gasteiger partial charge in [0, 0.05) is 23.2 Å². The Bertz CT molecular complexity index is 396. The van der Waals surface area contributed by atoms with Crippen LogP contribution in [-0.2, 0) is 14.3 Å². The second kappa shape index (κ2) is 5.95. The van der Waals surface area contributed by atoms with Crippen molar-refractivity contribution in [1.29, 1.82) is 0 Å². The molecule has 1 heterocycles. The summed E-state index contributed by atoms with van der Waals surface area (Å²) in [7, 11) is 0. The fourth-order valence-electron chi connectivity index (χ4n) is 3.19. The molecule has 0 aromatic rings. The molecule has 0 aromatic heterocycles. The second-order valence-corrected chi connectivity index (χ2v) is 6.87. The number of rotatable bonds is 4. The van der Waals surface area contributed by atoms with E-state index in [4.69, 9.17) is 9.84 Å². The molecule has 1 atom stereocenters. The average molecular weight is 283 g/mol. The van der Waals surface area contributed by atoms with Gasteiger partial charge in [0.25, 0.3) is 0 Å². The van der Waals surface area contributed by atoms with Gasteiger partial charge in [-0.3, -0.25) is 0 Å². The van der Waals surface area contributed by atoms with Crippen molar-refractivity contribution in [1.82, 2.24) is 5.32 Å². The lowest BCUT2D eigenvalue weighted by molar-refractivity contribution is -0.147. The monoisotopic (exact) mass is 283 g/mol. The maximum Gasteiger partial charge on any atom is 0.331 e. The summed E-state index contributed by atoms with van der Waals surface area (Å²) in [4.78, 5) is 21.9. The zero-order valence-corrected chi connectivity index (χ0v) is 12.9. The number of esters is 1. The standard InChI is InChI=1S/C15H25NO4/c1-10(20-13(19)7-6-12(17)18)11-8-14(2,3)16-15(4,5)9-11/h6-7,10-11,16H,8-9H2,1-5H3,(H,17,18)/b7-6-. The third-order valence-electron chi connectivity index (χ3n) is 3.55. The number of hydrogen-bond donors (Lipinski definition) is 2. The van der Waals surface area contributed by atoms with Crippen LogP contribution in [0.25, 0.3) is 0 Å². The summed E-state index contributed by atoms with van der Waals surface area (Å²) in [5.74, 6) is -1.50. The van der Waals surface area contributed by atoms with Crippen LogP contribution in [0.2, 0.25) is 0 Å². The predicted molar refractivity (Wildman–Crippen MR) is 76.3 cm³/mol. The van der Waals surface area contributed by atoms with Gasteiger partial charge in [-0.25, -0.2) is 9.59 Å².